The predicted molar refractivity (Wildman–Crippen MR) is 116 cm³/mol. The fraction of sp³-hybridized carbons (Fsp3) is 0.400. The van der Waals surface area contributed by atoms with E-state index < -0.39 is 16.0 Å². The largest absolute Gasteiger partial charge is 0.481 e. The third kappa shape index (κ3) is 7.93. The van der Waals surface area contributed by atoms with E-state index in [4.69, 9.17) is 16.7 Å². The summed E-state index contributed by atoms with van der Waals surface area (Å²) in [7, 11) is -2.06. The van der Waals surface area contributed by atoms with Gasteiger partial charge in [-0.3, -0.25) is 9.78 Å². The van der Waals surface area contributed by atoms with Crippen molar-refractivity contribution in [1.29, 1.82) is 0 Å². The number of sulfonamides is 1. The fourth-order valence-electron chi connectivity index (χ4n) is 3.02. The van der Waals surface area contributed by atoms with Crippen molar-refractivity contribution >= 4 is 40.0 Å². The van der Waals surface area contributed by atoms with Crippen molar-refractivity contribution in [3.05, 3.63) is 59.4 Å². The molecule has 1 atom stereocenters. The second-order valence-corrected chi connectivity index (χ2v) is 9.20. The summed E-state index contributed by atoms with van der Waals surface area (Å²) in [6, 6.07) is 9.89. The molecule has 0 fully saturated rings. The standard InChI is InChI=1S/C20H25ClN2O4S.ClH/c1-23(28(26,27)19-11-9-18(21)10-12-19)15-17(16-7-5-13-22-14-16)6-3-2-4-8-20(24)25;/h5,7,9-14,17H,2-4,6,8,15H2,1H3,(H,24,25);1H. The Labute approximate surface area is 183 Å². The topological polar surface area (TPSA) is 87.6 Å². The Bertz CT molecular complexity index is 862. The number of carbonyl (C=O) groups is 1. The third-order valence-corrected chi connectivity index (χ3v) is 6.69. The van der Waals surface area contributed by atoms with Crippen LogP contribution < -0.4 is 0 Å². The molecular weight excluding hydrogens is 435 g/mol. The number of rotatable bonds is 11. The van der Waals surface area contributed by atoms with Crippen molar-refractivity contribution in [3.8, 4) is 0 Å². The molecule has 1 aromatic heterocycles. The molecule has 0 bridgehead atoms. The van der Waals surface area contributed by atoms with Gasteiger partial charge in [0, 0.05) is 37.4 Å². The highest BCUT2D eigenvalue weighted by Gasteiger charge is 2.24. The average molecular weight is 461 g/mol. The summed E-state index contributed by atoms with van der Waals surface area (Å²) in [6.07, 6.45) is 6.58. The molecular formula is C20H26Cl2N2O4S. The molecule has 1 unspecified atom stereocenters. The third-order valence-electron chi connectivity index (χ3n) is 4.60. The summed E-state index contributed by atoms with van der Waals surface area (Å²) in [6.45, 7) is 0.315. The number of hydrogen-bond acceptors (Lipinski definition) is 4. The van der Waals surface area contributed by atoms with Crippen molar-refractivity contribution in [3.63, 3.8) is 0 Å². The lowest BCUT2D eigenvalue weighted by atomic mass is 9.94. The molecule has 1 N–H and O–H groups in total. The van der Waals surface area contributed by atoms with Crippen molar-refractivity contribution in [2.75, 3.05) is 13.6 Å². The van der Waals surface area contributed by atoms with Gasteiger partial charge >= 0.3 is 5.97 Å². The van der Waals surface area contributed by atoms with Crippen LogP contribution in [-0.4, -0.2) is 42.4 Å². The van der Waals surface area contributed by atoms with Crippen LogP contribution in [0, 0.1) is 0 Å². The van der Waals surface area contributed by atoms with Gasteiger partial charge in [0.1, 0.15) is 0 Å². The number of nitrogens with zero attached hydrogens (tertiary/aromatic N) is 2. The minimum atomic E-state index is -3.63. The van der Waals surface area contributed by atoms with E-state index in [1.54, 1.807) is 31.6 Å². The Morgan fingerprint density at radius 3 is 2.45 bits per heavy atom. The van der Waals surface area contributed by atoms with Crippen molar-refractivity contribution in [1.82, 2.24) is 9.29 Å². The van der Waals surface area contributed by atoms with E-state index in [-0.39, 0.29) is 29.6 Å². The van der Waals surface area contributed by atoms with Gasteiger partial charge in [0.05, 0.1) is 4.90 Å². The second-order valence-electron chi connectivity index (χ2n) is 6.72. The SMILES string of the molecule is CN(CC(CCCCCC(=O)O)c1cccnc1)S(=O)(=O)c1ccc(Cl)cc1.Cl. The van der Waals surface area contributed by atoms with Crippen molar-refractivity contribution in [2.24, 2.45) is 0 Å². The second kappa shape index (κ2) is 12.1. The van der Waals surface area contributed by atoms with Crippen LogP contribution in [0.5, 0.6) is 0 Å². The van der Waals surface area contributed by atoms with Crippen LogP contribution in [-0.2, 0) is 14.8 Å². The lowest BCUT2D eigenvalue weighted by Crippen LogP contribution is -2.31. The number of benzene rings is 1. The molecule has 1 heterocycles. The first-order chi connectivity index (χ1) is 13.3. The van der Waals surface area contributed by atoms with Crippen LogP contribution in [0.15, 0.2) is 53.7 Å². The van der Waals surface area contributed by atoms with E-state index >= 15 is 0 Å². The number of pyridine rings is 1. The maximum absolute atomic E-state index is 12.9. The highest BCUT2D eigenvalue weighted by atomic mass is 35.5. The van der Waals surface area contributed by atoms with Gasteiger partial charge in [-0.05, 0) is 54.7 Å². The lowest BCUT2D eigenvalue weighted by molar-refractivity contribution is -0.137. The van der Waals surface area contributed by atoms with Crippen LogP contribution in [0.2, 0.25) is 5.02 Å². The summed E-state index contributed by atoms with van der Waals surface area (Å²) < 4.78 is 27.1. The first-order valence-corrected chi connectivity index (χ1v) is 11.0. The maximum Gasteiger partial charge on any atom is 0.303 e. The zero-order valence-electron chi connectivity index (χ0n) is 16.2. The highest BCUT2D eigenvalue weighted by molar-refractivity contribution is 7.89. The molecule has 0 saturated carbocycles. The van der Waals surface area contributed by atoms with Gasteiger partial charge in [0.15, 0.2) is 0 Å². The van der Waals surface area contributed by atoms with E-state index in [1.807, 2.05) is 12.1 Å². The average Bonchev–Trinajstić information content (AvgIpc) is 2.67. The highest BCUT2D eigenvalue weighted by Crippen LogP contribution is 2.26. The smallest absolute Gasteiger partial charge is 0.303 e. The maximum atomic E-state index is 12.9. The van der Waals surface area contributed by atoms with Crippen LogP contribution >= 0.6 is 24.0 Å². The van der Waals surface area contributed by atoms with Crippen LogP contribution in [0.3, 0.4) is 0 Å². The molecule has 0 aliphatic carbocycles. The zero-order chi connectivity index (χ0) is 20.6. The number of likely N-dealkylation sites (N-methyl/N-ethyl adjacent to an activating group) is 1. The van der Waals surface area contributed by atoms with Gasteiger partial charge in [-0.25, -0.2) is 12.7 Å². The fourth-order valence-corrected chi connectivity index (χ4v) is 4.36. The van der Waals surface area contributed by atoms with Gasteiger partial charge in [0.2, 0.25) is 10.0 Å². The Kier molecular flexibility index (Phi) is 10.6. The summed E-state index contributed by atoms with van der Waals surface area (Å²) >= 11 is 5.86. The first-order valence-electron chi connectivity index (χ1n) is 9.14. The number of carboxylic acid groups (broad SMARTS) is 1. The lowest BCUT2D eigenvalue weighted by Gasteiger charge is -2.24. The van der Waals surface area contributed by atoms with Gasteiger partial charge in [-0.15, -0.1) is 12.4 Å². The Morgan fingerprint density at radius 1 is 1.17 bits per heavy atom. The van der Waals surface area contributed by atoms with E-state index in [9.17, 15) is 13.2 Å². The van der Waals surface area contributed by atoms with Crippen molar-refractivity contribution in [2.45, 2.75) is 42.9 Å². The number of hydrogen-bond donors (Lipinski definition) is 1. The minimum Gasteiger partial charge on any atom is -0.481 e. The van der Waals surface area contributed by atoms with Gasteiger partial charge < -0.3 is 5.11 Å². The summed E-state index contributed by atoms with van der Waals surface area (Å²) in [5.74, 6) is -0.816. The predicted octanol–water partition coefficient (Wildman–Crippen LogP) is 4.60. The molecule has 0 amide bonds. The number of carboxylic acids is 1. The van der Waals surface area contributed by atoms with E-state index in [0.717, 1.165) is 24.8 Å². The first kappa shape index (κ1) is 25.4. The van der Waals surface area contributed by atoms with Crippen molar-refractivity contribution < 1.29 is 18.3 Å². The molecule has 29 heavy (non-hydrogen) atoms. The molecule has 0 saturated heterocycles. The Hall–Kier alpha value is -1.67. The van der Waals surface area contributed by atoms with Crippen LogP contribution in [0.4, 0.5) is 0 Å². The zero-order valence-corrected chi connectivity index (χ0v) is 18.6. The number of aromatic nitrogens is 1. The minimum absolute atomic E-state index is 0. The van der Waals surface area contributed by atoms with E-state index in [1.165, 1.54) is 16.4 Å². The molecule has 0 spiro atoms. The molecule has 160 valence electrons. The number of unbranched alkanes of at least 4 members (excludes halogenated alkanes) is 2. The normalized spacial score (nSPS) is 12.4. The molecule has 0 radical (unpaired) electrons. The number of aliphatic carboxylic acids is 1. The molecule has 0 aliphatic heterocycles. The van der Waals surface area contributed by atoms with E-state index in [2.05, 4.69) is 4.98 Å². The molecule has 0 aliphatic rings. The Morgan fingerprint density at radius 2 is 1.86 bits per heavy atom. The summed E-state index contributed by atoms with van der Waals surface area (Å²) in [5.41, 5.74) is 0.971. The van der Waals surface area contributed by atoms with Gasteiger partial charge in [-0.2, -0.15) is 0 Å². The van der Waals surface area contributed by atoms with Crippen LogP contribution in [0.1, 0.15) is 43.6 Å². The molecule has 2 rings (SSSR count). The van der Waals surface area contributed by atoms with Gasteiger partial charge in [-0.1, -0.05) is 30.5 Å². The van der Waals surface area contributed by atoms with E-state index in [0.29, 0.717) is 18.0 Å². The Balaban J connectivity index is 0.00000420. The molecule has 2 aromatic rings. The number of halogens is 2. The summed E-state index contributed by atoms with van der Waals surface area (Å²) in [4.78, 5) is 15.0. The monoisotopic (exact) mass is 460 g/mol. The van der Waals surface area contributed by atoms with Crippen LogP contribution in [0.25, 0.3) is 0 Å². The molecule has 9 heteroatoms. The quantitative estimate of drug-likeness (QED) is 0.495. The van der Waals surface area contributed by atoms with Gasteiger partial charge in [0.25, 0.3) is 0 Å². The summed E-state index contributed by atoms with van der Waals surface area (Å²) in [5, 5.41) is 9.23. The molecule has 1 aromatic carbocycles. The molecule has 6 nitrogen and oxygen atoms in total.